The van der Waals surface area contributed by atoms with Gasteiger partial charge in [-0.1, -0.05) is 53.9 Å². The van der Waals surface area contributed by atoms with Gasteiger partial charge in [0, 0.05) is 6.04 Å². The van der Waals surface area contributed by atoms with Crippen LogP contribution in [0.3, 0.4) is 0 Å². The Kier molecular flexibility index (Phi) is 6.54. The third-order valence-electron chi connectivity index (χ3n) is 4.71. The summed E-state index contributed by atoms with van der Waals surface area (Å²) in [6.45, 7) is 13.0. The molecule has 0 amide bonds. The van der Waals surface area contributed by atoms with Crippen molar-refractivity contribution >= 4 is 0 Å². The molecule has 0 radical (unpaired) electrons. The number of hydrogen-bond donors (Lipinski definition) is 1. The number of rotatable bonds is 6. The van der Waals surface area contributed by atoms with E-state index in [1.165, 1.54) is 38.6 Å². The molecule has 102 valence electrons. The van der Waals surface area contributed by atoms with Crippen molar-refractivity contribution in [1.29, 1.82) is 0 Å². The highest BCUT2D eigenvalue weighted by Crippen LogP contribution is 2.27. The summed E-state index contributed by atoms with van der Waals surface area (Å²) in [5.74, 6) is 3.41. The third-order valence-corrected chi connectivity index (χ3v) is 4.71. The largest absolute Gasteiger partial charge is 0.314 e. The maximum atomic E-state index is 3.85. The molecule has 1 rings (SSSR count). The van der Waals surface area contributed by atoms with E-state index < -0.39 is 0 Å². The van der Waals surface area contributed by atoms with Crippen molar-refractivity contribution in [3.8, 4) is 0 Å². The fourth-order valence-electron chi connectivity index (χ4n) is 3.39. The highest BCUT2D eigenvalue weighted by atomic mass is 14.9. The maximum Gasteiger partial charge on any atom is 0.00698 e. The maximum absolute atomic E-state index is 3.85. The normalized spacial score (nSPS) is 26.1. The molecule has 2 unspecified atom stereocenters. The molecular formula is C16H33N. The summed E-state index contributed by atoms with van der Waals surface area (Å²) in [4.78, 5) is 0. The Balaban J connectivity index is 2.33. The summed E-state index contributed by atoms with van der Waals surface area (Å²) in [5.41, 5.74) is 0. The Labute approximate surface area is 109 Å². The van der Waals surface area contributed by atoms with Crippen molar-refractivity contribution in [2.45, 2.75) is 72.8 Å². The average Bonchev–Trinajstić information content (AvgIpc) is 2.28. The van der Waals surface area contributed by atoms with Crippen molar-refractivity contribution in [2.75, 3.05) is 6.54 Å². The first kappa shape index (κ1) is 15.0. The molecular weight excluding hydrogens is 206 g/mol. The van der Waals surface area contributed by atoms with Crippen LogP contribution in [0.5, 0.6) is 0 Å². The van der Waals surface area contributed by atoms with Crippen molar-refractivity contribution in [3.63, 3.8) is 0 Å². The van der Waals surface area contributed by atoms with Crippen LogP contribution in [0.15, 0.2) is 0 Å². The fourth-order valence-corrected chi connectivity index (χ4v) is 3.39. The number of nitrogens with one attached hydrogen (secondary N) is 1. The van der Waals surface area contributed by atoms with E-state index in [0.29, 0.717) is 0 Å². The predicted octanol–water partition coefficient (Wildman–Crippen LogP) is 4.47. The van der Waals surface area contributed by atoms with Crippen molar-refractivity contribution in [2.24, 2.45) is 23.7 Å². The second-order valence-electron chi connectivity index (χ2n) is 6.70. The molecule has 1 nitrogen and oxygen atoms in total. The van der Waals surface area contributed by atoms with Gasteiger partial charge in [-0.15, -0.1) is 0 Å². The first-order valence-electron chi connectivity index (χ1n) is 7.77. The van der Waals surface area contributed by atoms with E-state index in [1.807, 2.05) is 0 Å². The lowest BCUT2D eigenvalue weighted by Gasteiger charge is -2.32. The molecule has 0 aromatic rings. The van der Waals surface area contributed by atoms with Crippen LogP contribution < -0.4 is 5.32 Å². The van der Waals surface area contributed by atoms with Gasteiger partial charge in [0.2, 0.25) is 0 Å². The summed E-state index contributed by atoms with van der Waals surface area (Å²) in [6.07, 6.45) is 7.09. The molecule has 1 aliphatic carbocycles. The Morgan fingerprint density at radius 1 is 1.06 bits per heavy atom. The molecule has 0 aromatic heterocycles. The molecule has 1 N–H and O–H groups in total. The lowest BCUT2D eigenvalue weighted by molar-refractivity contribution is 0.229. The van der Waals surface area contributed by atoms with Crippen molar-refractivity contribution in [3.05, 3.63) is 0 Å². The quantitative estimate of drug-likeness (QED) is 0.721. The van der Waals surface area contributed by atoms with Gasteiger partial charge in [0.25, 0.3) is 0 Å². The lowest BCUT2D eigenvalue weighted by atomic mass is 9.82. The molecule has 1 heteroatoms. The second-order valence-corrected chi connectivity index (χ2v) is 6.70. The third kappa shape index (κ3) is 4.99. The fraction of sp³-hybridized carbons (Fsp3) is 1.00. The van der Waals surface area contributed by atoms with E-state index in [4.69, 9.17) is 0 Å². The zero-order valence-electron chi connectivity index (χ0n) is 12.6. The average molecular weight is 239 g/mol. The van der Waals surface area contributed by atoms with E-state index >= 15 is 0 Å². The van der Waals surface area contributed by atoms with Gasteiger partial charge in [-0.05, 0) is 43.1 Å². The lowest BCUT2D eigenvalue weighted by Crippen LogP contribution is -2.39. The highest BCUT2D eigenvalue weighted by molar-refractivity contribution is 4.79. The van der Waals surface area contributed by atoms with Crippen LogP contribution in [0.25, 0.3) is 0 Å². The minimum absolute atomic E-state index is 0.799. The Bertz CT molecular complexity index is 190. The first-order chi connectivity index (χ1) is 8.04. The molecule has 2 atom stereocenters. The van der Waals surface area contributed by atoms with Gasteiger partial charge < -0.3 is 5.32 Å². The summed E-state index contributed by atoms with van der Waals surface area (Å²) >= 11 is 0. The van der Waals surface area contributed by atoms with Gasteiger partial charge in [0.1, 0.15) is 0 Å². The molecule has 0 heterocycles. The van der Waals surface area contributed by atoms with Crippen LogP contribution in [0.4, 0.5) is 0 Å². The van der Waals surface area contributed by atoms with Crippen LogP contribution in [-0.4, -0.2) is 12.6 Å². The van der Waals surface area contributed by atoms with Crippen LogP contribution in [0.1, 0.15) is 66.7 Å². The van der Waals surface area contributed by atoms with Crippen LogP contribution >= 0.6 is 0 Å². The minimum Gasteiger partial charge on any atom is -0.314 e. The molecule has 1 fully saturated rings. The SMILES string of the molecule is CCC1CCCC(NCC(C(C)C)C(C)C)C1. The predicted molar refractivity (Wildman–Crippen MR) is 77.2 cm³/mol. The molecule has 1 aliphatic rings. The van der Waals surface area contributed by atoms with Gasteiger partial charge in [-0.3, -0.25) is 0 Å². The highest BCUT2D eigenvalue weighted by Gasteiger charge is 2.23. The standard InChI is InChI=1S/C16H33N/c1-6-14-8-7-9-15(10-14)17-11-16(12(2)3)13(4)5/h12-17H,6-11H2,1-5H3. The summed E-state index contributed by atoms with van der Waals surface area (Å²) in [6, 6.07) is 0.800. The molecule has 0 saturated heterocycles. The second kappa shape index (κ2) is 7.41. The van der Waals surface area contributed by atoms with Crippen LogP contribution in [0.2, 0.25) is 0 Å². The van der Waals surface area contributed by atoms with E-state index in [1.54, 1.807) is 0 Å². The Morgan fingerprint density at radius 3 is 2.24 bits per heavy atom. The molecule has 17 heavy (non-hydrogen) atoms. The van der Waals surface area contributed by atoms with Gasteiger partial charge in [-0.25, -0.2) is 0 Å². The molecule has 0 aliphatic heterocycles. The van der Waals surface area contributed by atoms with E-state index in [2.05, 4.69) is 39.9 Å². The molecule has 0 aromatic carbocycles. The van der Waals surface area contributed by atoms with Gasteiger partial charge in [-0.2, -0.15) is 0 Å². The Hall–Kier alpha value is -0.0400. The molecule has 0 spiro atoms. The van der Waals surface area contributed by atoms with Gasteiger partial charge >= 0.3 is 0 Å². The van der Waals surface area contributed by atoms with E-state index in [9.17, 15) is 0 Å². The van der Waals surface area contributed by atoms with Crippen molar-refractivity contribution in [1.82, 2.24) is 5.32 Å². The van der Waals surface area contributed by atoms with Gasteiger partial charge in [0.05, 0.1) is 0 Å². The topological polar surface area (TPSA) is 12.0 Å². The Morgan fingerprint density at radius 2 is 1.71 bits per heavy atom. The molecule has 0 bridgehead atoms. The minimum atomic E-state index is 0.799. The van der Waals surface area contributed by atoms with Crippen LogP contribution in [0, 0.1) is 23.7 Å². The van der Waals surface area contributed by atoms with E-state index in [0.717, 1.165) is 29.7 Å². The number of hydrogen-bond acceptors (Lipinski definition) is 1. The van der Waals surface area contributed by atoms with Gasteiger partial charge in [0.15, 0.2) is 0 Å². The summed E-state index contributed by atoms with van der Waals surface area (Å²) < 4.78 is 0. The van der Waals surface area contributed by atoms with Crippen molar-refractivity contribution < 1.29 is 0 Å². The van der Waals surface area contributed by atoms with Crippen LogP contribution in [-0.2, 0) is 0 Å². The molecule has 1 saturated carbocycles. The smallest absolute Gasteiger partial charge is 0.00698 e. The van der Waals surface area contributed by atoms with E-state index in [-0.39, 0.29) is 0 Å². The monoisotopic (exact) mass is 239 g/mol. The summed E-state index contributed by atoms with van der Waals surface area (Å²) in [7, 11) is 0. The first-order valence-corrected chi connectivity index (χ1v) is 7.77. The zero-order chi connectivity index (χ0) is 12.8. The zero-order valence-corrected chi connectivity index (χ0v) is 12.6. The summed E-state index contributed by atoms with van der Waals surface area (Å²) in [5, 5.41) is 3.85.